The normalized spacial score (nSPS) is 14.9. The maximum absolute atomic E-state index is 11.4. The molecule has 0 radical (unpaired) electrons. The van der Waals surface area contributed by atoms with E-state index in [9.17, 15) is 4.79 Å². The van der Waals surface area contributed by atoms with Crippen molar-refractivity contribution in [3.05, 3.63) is 12.7 Å². The summed E-state index contributed by atoms with van der Waals surface area (Å²) in [5.41, 5.74) is -0.705. The van der Waals surface area contributed by atoms with Gasteiger partial charge in [0.25, 0.3) is 5.91 Å². The fourth-order valence-electron chi connectivity index (χ4n) is 0.749. The number of ether oxygens (including phenoxy) is 1. The number of amides is 1. The second-order valence-electron chi connectivity index (χ2n) is 2.79. The Balaban J connectivity index is 4.11. The standard InChI is InChI=1S/C9H17NO2/c1-5-7-10-8(11)9(3,6-2)12-4/h5H,1,6-7H2,2-4H3,(H,10,11). The number of methoxy groups -OCH3 is 1. The molecule has 0 aromatic heterocycles. The van der Waals surface area contributed by atoms with Crippen molar-refractivity contribution in [3.8, 4) is 0 Å². The van der Waals surface area contributed by atoms with Gasteiger partial charge in [0.1, 0.15) is 5.60 Å². The topological polar surface area (TPSA) is 38.3 Å². The van der Waals surface area contributed by atoms with Crippen molar-refractivity contribution in [2.45, 2.75) is 25.9 Å². The molecule has 0 aliphatic carbocycles. The van der Waals surface area contributed by atoms with Crippen LogP contribution in [0.15, 0.2) is 12.7 Å². The summed E-state index contributed by atoms with van der Waals surface area (Å²) in [6.45, 7) is 7.68. The number of hydrogen-bond acceptors (Lipinski definition) is 2. The van der Waals surface area contributed by atoms with E-state index in [1.165, 1.54) is 7.11 Å². The van der Waals surface area contributed by atoms with Gasteiger partial charge in [0.2, 0.25) is 0 Å². The highest BCUT2D eigenvalue weighted by atomic mass is 16.5. The van der Waals surface area contributed by atoms with Crippen LogP contribution in [0.25, 0.3) is 0 Å². The predicted molar refractivity (Wildman–Crippen MR) is 48.9 cm³/mol. The van der Waals surface area contributed by atoms with Crippen molar-refractivity contribution in [2.75, 3.05) is 13.7 Å². The quantitative estimate of drug-likeness (QED) is 0.629. The third kappa shape index (κ3) is 2.66. The van der Waals surface area contributed by atoms with Crippen molar-refractivity contribution in [2.24, 2.45) is 0 Å². The molecule has 0 aliphatic rings. The molecular weight excluding hydrogens is 154 g/mol. The summed E-state index contributed by atoms with van der Waals surface area (Å²) >= 11 is 0. The van der Waals surface area contributed by atoms with Crippen LogP contribution in [0.2, 0.25) is 0 Å². The lowest BCUT2D eigenvalue weighted by Crippen LogP contribution is -2.45. The van der Waals surface area contributed by atoms with Gasteiger partial charge in [0.05, 0.1) is 0 Å². The zero-order valence-corrected chi connectivity index (χ0v) is 8.02. The van der Waals surface area contributed by atoms with Crippen LogP contribution in [0.1, 0.15) is 20.3 Å². The van der Waals surface area contributed by atoms with Crippen LogP contribution < -0.4 is 5.32 Å². The van der Waals surface area contributed by atoms with Gasteiger partial charge in [0, 0.05) is 13.7 Å². The van der Waals surface area contributed by atoms with Gasteiger partial charge in [-0.15, -0.1) is 6.58 Å². The maximum atomic E-state index is 11.4. The number of nitrogens with one attached hydrogen (secondary N) is 1. The second-order valence-corrected chi connectivity index (χ2v) is 2.79. The lowest BCUT2D eigenvalue weighted by Gasteiger charge is -2.24. The third-order valence-corrected chi connectivity index (χ3v) is 2.01. The van der Waals surface area contributed by atoms with E-state index in [2.05, 4.69) is 11.9 Å². The molecule has 0 fully saturated rings. The van der Waals surface area contributed by atoms with Gasteiger partial charge in [0.15, 0.2) is 0 Å². The van der Waals surface area contributed by atoms with Crippen LogP contribution in [-0.2, 0) is 9.53 Å². The third-order valence-electron chi connectivity index (χ3n) is 2.01. The molecule has 3 heteroatoms. The Labute approximate surface area is 73.8 Å². The summed E-state index contributed by atoms with van der Waals surface area (Å²) in [4.78, 5) is 11.4. The lowest BCUT2D eigenvalue weighted by molar-refractivity contribution is -0.141. The van der Waals surface area contributed by atoms with Crippen LogP contribution in [0, 0.1) is 0 Å². The van der Waals surface area contributed by atoms with Gasteiger partial charge in [-0.2, -0.15) is 0 Å². The van der Waals surface area contributed by atoms with Crippen LogP contribution in [0.4, 0.5) is 0 Å². The maximum Gasteiger partial charge on any atom is 0.252 e. The van der Waals surface area contributed by atoms with E-state index in [0.717, 1.165) is 0 Å². The van der Waals surface area contributed by atoms with Gasteiger partial charge in [-0.1, -0.05) is 13.0 Å². The molecule has 0 saturated heterocycles. The minimum Gasteiger partial charge on any atom is -0.369 e. The monoisotopic (exact) mass is 171 g/mol. The van der Waals surface area contributed by atoms with Crippen LogP contribution in [-0.4, -0.2) is 25.2 Å². The Kier molecular flexibility index (Phi) is 4.59. The highest BCUT2D eigenvalue weighted by Gasteiger charge is 2.29. The van der Waals surface area contributed by atoms with Crippen molar-refractivity contribution in [1.82, 2.24) is 5.32 Å². The summed E-state index contributed by atoms with van der Waals surface area (Å²) in [6.07, 6.45) is 2.30. The molecule has 70 valence electrons. The first kappa shape index (κ1) is 11.2. The molecular formula is C9H17NO2. The zero-order chi connectivity index (χ0) is 9.61. The molecule has 0 saturated carbocycles. The molecule has 1 N–H and O–H groups in total. The fourth-order valence-corrected chi connectivity index (χ4v) is 0.749. The Hall–Kier alpha value is -0.830. The van der Waals surface area contributed by atoms with Gasteiger partial charge >= 0.3 is 0 Å². The van der Waals surface area contributed by atoms with Crippen LogP contribution in [0.5, 0.6) is 0 Å². The highest BCUT2D eigenvalue weighted by molar-refractivity contribution is 5.84. The van der Waals surface area contributed by atoms with E-state index < -0.39 is 5.60 Å². The molecule has 0 aromatic carbocycles. The molecule has 0 rings (SSSR count). The average molecular weight is 171 g/mol. The minimum absolute atomic E-state index is 0.0904. The number of carbonyl (C=O) groups excluding carboxylic acids is 1. The van der Waals surface area contributed by atoms with Crippen LogP contribution >= 0.6 is 0 Å². The molecule has 0 spiro atoms. The first-order valence-electron chi connectivity index (χ1n) is 4.05. The molecule has 1 atom stereocenters. The SMILES string of the molecule is C=CCNC(=O)C(C)(CC)OC. The van der Waals surface area contributed by atoms with Crippen molar-refractivity contribution in [1.29, 1.82) is 0 Å². The summed E-state index contributed by atoms with van der Waals surface area (Å²) in [5.74, 6) is -0.0904. The zero-order valence-electron chi connectivity index (χ0n) is 8.02. The van der Waals surface area contributed by atoms with E-state index in [1.54, 1.807) is 13.0 Å². The minimum atomic E-state index is -0.705. The Morgan fingerprint density at radius 1 is 1.75 bits per heavy atom. The molecule has 1 amide bonds. The smallest absolute Gasteiger partial charge is 0.252 e. The number of rotatable bonds is 5. The first-order chi connectivity index (χ1) is 5.60. The molecule has 0 heterocycles. The molecule has 0 bridgehead atoms. The summed E-state index contributed by atoms with van der Waals surface area (Å²) < 4.78 is 5.10. The Bertz CT molecular complexity index is 162. The summed E-state index contributed by atoms with van der Waals surface area (Å²) in [7, 11) is 1.54. The first-order valence-corrected chi connectivity index (χ1v) is 4.05. The fraction of sp³-hybridized carbons (Fsp3) is 0.667. The molecule has 0 aliphatic heterocycles. The van der Waals surface area contributed by atoms with Crippen molar-refractivity contribution >= 4 is 5.91 Å². The van der Waals surface area contributed by atoms with E-state index in [4.69, 9.17) is 4.74 Å². The van der Waals surface area contributed by atoms with Gasteiger partial charge in [-0.05, 0) is 13.3 Å². The lowest BCUT2D eigenvalue weighted by atomic mass is 10.0. The predicted octanol–water partition coefficient (Wildman–Crippen LogP) is 1.10. The summed E-state index contributed by atoms with van der Waals surface area (Å²) in [5, 5.41) is 2.69. The molecule has 3 nitrogen and oxygen atoms in total. The Morgan fingerprint density at radius 2 is 2.33 bits per heavy atom. The van der Waals surface area contributed by atoms with Gasteiger partial charge in [-0.3, -0.25) is 4.79 Å². The van der Waals surface area contributed by atoms with Gasteiger partial charge in [-0.25, -0.2) is 0 Å². The molecule has 0 aromatic rings. The summed E-state index contributed by atoms with van der Waals surface area (Å²) in [6, 6.07) is 0. The van der Waals surface area contributed by atoms with E-state index in [1.807, 2.05) is 6.92 Å². The van der Waals surface area contributed by atoms with E-state index in [-0.39, 0.29) is 5.91 Å². The highest BCUT2D eigenvalue weighted by Crippen LogP contribution is 2.13. The Morgan fingerprint density at radius 3 is 2.67 bits per heavy atom. The van der Waals surface area contributed by atoms with Crippen LogP contribution in [0.3, 0.4) is 0 Å². The van der Waals surface area contributed by atoms with Crippen molar-refractivity contribution in [3.63, 3.8) is 0 Å². The second kappa shape index (κ2) is 4.93. The van der Waals surface area contributed by atoms with Gasteiger partial charge < -0.3 is 10.1 Å². The van der Waals surface area contributed by atoms with E-state index in [0.29, 0.717) is 13.0 Å². The molecule has 1 unspecified atom stereocenters. The average Bonchev–Trinajstić information content (AvgIpc) is 2.12. The van der Waals surface area contributed by atoms with E-state index >= 15 is 0 Å². The largest absolute Gasteiger partial charge is 0.369 e. The number of hydrogen-bond donors (Lipinski definition) is 1. The number of carbonyl (C=O) groups is 1. The van der Waals surface area contributed by atoms with Crippen molar-refractivity contribution < 1.29 is 9.53 Å². The molecule has 12 heavy (non-hydrogen) atoms.